The summed E-state index contributed by atoms with van der Waals surface area (Å²) in [5, 5.41) is 10.8. The number of nitrogens with zero attached hydrogens (tertiary/aromatic N) is 4. The first-order valence-corrected chi connectivity index (χ1v) is 7.79. The first kappa shape index (κ1) is 14.8. The molecular weight excluding hydrogens is 348 g/mol. The highest BCUT2D eigenvalue weighted by atomic mass is 79.9. The zero-order chi connectivity index (χ0) is 15.5. The molecule has 1 saturated heterocycles. The molecule has 2 aromatic rings. The van der Waals surface area contributed by atoms with Gasteiger partial charge in [0.2, 0.25) is 0 Å². The van der Waals surface area contributed by atoms with E-state index < -0.39 is 0 Å². The molecule has 3 rings (SSSR count). The fourth-order valence-electron chi connectivity index (χ4n) is 2.58. The lowest BCUT2D eigenvalue weighted by atomic mass is 10.2. The molecule has 1 aromatic carbocycles. The maximum atomic E-state index is 10.8. The van der Waals surface area contributed by atoms with E-state index in [4.69, 9.17) is 0 Å². The van der Waals surface area contributed by atoms with Crippen LogP contribution in [0.3, 0.4) is 0 Å². The lowest BCUT2D eigenvalue weighted by molar-refractivity contribution is -0.384. The van der Waals surface area contributed by atoms with Crippen molar-refractivity contribution in [3.05, 3.63) is 57.2 Å². The highest BCUT2D eigenvalue weighted by molar-refractivity contribution is 9.10. The Hall–Kier alpha value is -2.15. The predicted molar refractivity (Wildman–Crippen MR) is 89.5 cm³/mol. The van der Waals surface area contributed by atoms with E-state index in [0.29, 0.717) is 0 Å². The summed E-state index contributed by atoms with van der Waals surface area (Å²) in [5.41, 5.74) is 1.09. The van der Waals surface area contributed by atoms with Gasteiger partial charge in [-0.05, 0) is 34.1 Å². The van der Waals surface area contributed by atoms with Crippen molar-refractivity contribution in [3.63, 3.8) is 0 Å². The van der Waals surface area contributed by atoms with Crippen molar-refractivity contribution >= 4 is 33.1 Å². The first-order chi connectivity index (χ1) is 10.6. The van der Waals surface area contributed by atoms with Crippen LogP contribution in [0.15, 0.2) is 47.1 Å². The van der Waals surface area contributed by atoms with Gasteiger partial charge in [0, 0.05) is 49.0 Å². The Morgan fingerprint density at radius 2 is 1.82 bits per heavy atom. The number of aromatic nitrogens is 1. The van der Waals surface area contributed by atoms with Crippen LogP contribution in [0.4, 0.5) is 17.2 Å². The van der Waals surface area contributed by atoms with Gasteiger partial charge in [0.05, 0.1) is 10.6 Å². The molecular formula is C15H15BrN4O2. The van der Waals surface area contributed by atoms with Crippen LogP contribution in [0.1, 0.15) is 0 Å². The number of anilines is 2. The average Bonchev–Trinajstić information content (AvgIpc) is 2.56. The molecule has 7 heteroatoms. The summed E-state index contributed by atoms with van der Waals surface area (Å²) >= 11 is 3.44. The van der Waals surface area contributed by atoms with Crippen LogP contribution in [0, 0.1) is 10.1 Å². The van der Waals surface area contributed by atoms with Crippen LogP contribution in [-0.2, 0) is 0 Å². The van der Waals surface area contributed by atoms with Gasteiger partial charge in [-0.25, -0.2) is 4.98 Å². The highest BCUT2D eigenvalue weighted by Gasteiger charge is 2.20. The van der Waals surface area contributed by atoms with Gasteiger partial charge in [-0.2, -0.15) is 0 Å². The standard InChI is InChI=1S/C15H15BrN4O2/c16-13-11-12(20(21)22)4-5-14(13)18-7-9-19(10-8-18)15-3-1-2-6-17-15/h1-6,11H,7-10H2. The number of rotatable bonds is 3. The maximum Gasteiger partial charge on any atom is 0.270 e. The van der Waals surface area contributed by atoms with E-state index in [2.05, 4.69) is 30.7 Å². The second-order valence-corrected chi connectivity index (χ2v) is 5.91. The molecule has 114 valence electrons. The van der Waals surface area contributed by atoms with Gasteiger partial charge in [0.15, 0.2) is 0 Å². The second kappa shape index (κ2) is 6.31. The van der Waals surface area contributed by atoms with Crippen LogP contribution in [0.2, 0.25) is 0 Å². The topological polar surface area (TPSA) is 62.5 Å². The molecule has 1 aromatic heterocycles. The Morgan fingerprint density at radius 3 is 2.41 bits per heavy atom. The molecule has 0 unspecified atom stereocenters. The molecule has 1 aliphatic heterocycles. The summed E-state index contributed by atoms with van der Waals surface area (Å²) in [4.78, 5) is 19.3. The third kappa shape index (κ3) is 3.04. The SMILES string of the molecule is O=[N+]([O-])c1ccc(N2CCN(c3ccccn3)CC2)c(Br)c1. The van der Waals surface area contributed by atoms with E-state index >= 15 is 0 Å². The lowest BCUT2D eigenvalue weighted by Crippen LogP contribution is -2.46. The van der Waals surface area contributed by atoms with Gasteiger partial charge in [0.25, 0.3) is 5.69 Å². The minimum Gasteiger partial charge on any atom is -0.367 e. The van der Waals surface area contributed by atoms with Crippen LogP contribution in [0.5, 0.6) is 0 Å². The second-order valence-electron chi connectivity index (χ2n) is 5.05. The number of pyridine rings is 1. The van der Waals surface area contributed by atoms with Gasteiger partial charge < -0.3 is 9.80 Å². The number of benzene rings is 1. The number of halogens is 1. The van der Waals surface area contributed by atoms with Crippen molar-refractivity contribution < 1.29 is 4.92 Å². The zero-order valence-electron chi connectivity index (χ0n) is 11.9. The molecule has 0 aliphatic carbocycles. The lowest BCUT2D eigenvalue weighted by Gasteiger charge is -2.37. The molecule has 0 N–H and O–H groups in total. The Labute approximate surface area is 136 Å². The smallest absolute Gasteiger partial charge is 0.270 e. The number of nitro benzene ring substituents is 1. The van der Waals surface area contributed by atoms with E-state index in [1.165, 1.54) is 0 Å². The summed E-state index contributed by atoms with van der Waals surface area (Å²) in [6.07, 6.45) is 1.80. The van der Waals surface area contributed by atoms with E-state index in [-0.39, 0.29) is 10.6 Å². The Kier molecular flexibility index (Phi) is 4.24. The summed E-state index contributed by atoms with van der Waals surface area (Å²) < 4.78 is 0.757. The fourth-order valence-corrected chi connectivity index (χ4v) is 3.20. The minimum absolute atomic E-state index is 0.0998. The summed E-state index contributed by atoms with van der Waals surface area (Å²) in [5.74, 6) is 0.991. The van der Waals surface area contributed by atoms with E-state index in [0.717, 1.165) is 42.2 Å². The quantitative estimate of drug-likeness (QED) is 0.620. The number of hydrogen-bond donors (Lipinski definition) is 0. The molecule has 2 heterocycles. The van der Waals surface area contributed by atoms with Crippen molar-refractivity contribution in [1.82, 2.24) is 4.98 Å². The van der Waals surface area contributed by atoms with E-state index in [1.54, 1.807) is 24.4 Å². The molecule has 0 bridgehead atoms. The van der Waals surface area contributed by atoms with Gasteiger partial charge in [-0.15, -0.1) is 0 Å². The maximum absolute atomic E-state index is 10.8. The van der Waals surface area contributed by atoms with Crippen LogP contribution in [0.25, 0.3) is 0 Å². The summed E-state index contributed by atoms with van der Waals surface area (Å²) in [7, 11) is 0. The Bertz CT molecular complexity index is 672. The molecule has 1 fully saturated rings. The van der Waals surface area contributed by atoms with Gasteiger partial charge in [-0.3, -0.25) is 10.1 Å². The molecule has 0 atom stereocenters. The number of non-ortho nitro benzene ring substituents is 1. The molecule has 1 aliphatic rings. The summed E-state index contributed by atoms with van der Waals surface area (Å²) in [6.45, 7) is 3.46. The van der Waals surface area contributed by atoms with Crippen molar-refractivity contribution in [3.8, 4) is 0 Å². The van der Waals surface area contributed by atoms with Gasteiger partial charge >= 0.3 is 0 Å². The van der Waals surface area contributed by atoms with Crippen molar-refractivity contribution in [1.29, 1.82) is 0 Å². The molecule has 0 radical (unpaired) electrons. The third-order valence-corrected chi connectivity index (χ3v) is 4.37. The fraction of sp³-hybridized carbons (Fsp3) is 0.267. The molecule has 0 amide bonds. The van der Waals surface area contributed by atoms with Crippen LogP contribution in [-0.4, -0.2) is 36.1 Å². The zero-order valence-corrected chi connectivity index (χ0v) is 13.4. The largest absolute Gasteiger partial charge is 0.367 e. The molecule has 22 heavy (non-hydrogen) atoms. The van der Waals surface area contributed by atoms with E-state index in [1.807, 2.05) is 18.2 Å². The van der Waals surface area contributed by atoms with Crippen LogP contribution < -0.4 is 9.80 Å². The third-order valence-electron chi connectivity index (χ3n) is 3.74. The number of nitro groups is 1. The van der Waals surface area contributed by atoms with Crippen molar-refractivity contribution in [2.75, 3.05) is 36.0 Å². The van der Waals surface area contributed by atoms with E-state index in [9.17, 15) is 10.1 Å². The Balaban J connectivity index is 1.70. The molecule has 0 spiro atoms. The highest BCUT2D eigenvalue weighted by Crippen LogP contribution is 2.31. The van der Waals surface area contributed by atoms with Crippen molar-refractivity contribution in [2.24, 2.45) is 0 Å². The van der Waals surface area contributed by atoms with Gasteiger partial charge in [0.1, 0.15) is 5.82 Å². The van der Waals surface area contributed by atoms with Crippen molar-refractivity contribution in [2.45, 2.75) is 0 Å². The molecule has 0 saturated carbocycles. The minimum atomic E-state index is -0.381. The average molecular weight is 363 g/mol. The summed E-state index contributed by atoms with van der Waals surface area (Å²) in [6, 6.07) is 10.8. The monoisotopic (exact) mass is 362 g/mol. The molecule has 6 nitrogen and oxygen atoms in total. The first-order valence-electron chi connectivity index (χ1n) is 7.00. The normalized spacial score (nSPS) is 15.0. The predicted octanol–water partition coefficient (Wildman–Crippen LogP) is 3.08. The number of piperazine rings is 1. The number of hydrogen-bond acceptors (Lipinski definition) is 5. The van der Waals surface area contributed by atoms with Crippen LogP contribution >= 0.6 is 15.9 Å². The van der Waals surface area contributed by atoms with Gasteiger partial charge in [-0.1, -0.05) is 6.07 Å². The Morgan fingerprint density at radius 1 is 1.09 bits per heavy atom.